The third kappa shape index (κ3) is 1.73. The van der Waals surface area contributed by atoms with Crippen LogP contribution in [-0.2, 0) is 10.1 Å². The second-order valence-electron chi connectivity index (χ2n) is 2.60. The first kappa shape index (κ1) is 9.82. The summed E-state index contributed by atoms with van der Waals surface area (Å²) in [5.74, 6) is -0.221. The largest absolute Gasteiger partial charge is 0.508 e. The third-order valence-corrected chi connectivity index (χ3v) is 2.72. The van der Waals surface area contributed by atoms with Gasteiger partial charge in [-0.25, -0.2) is 0 Å². The average Bonchev–Trinajstić information content (AvgIpc) is 1.95. The molecule has 4 N–H and O–H groups in total. The fourth-order valence-electron chi connectivity index (χ4n) is 1.04. The van der Waals surface area contributed by atoms with Gasteiger partial charge in [0.05, 0.1) is 5.69 Å². The van der Waals surface area contributed by atoms with Crippen molar-refractivity contribution in [3.05, 3.63) is 17.7 Å². The van der Waals surface area contributed by atoms with Crippen molar-refractivity contribution in [2.45, 2.75) is 11.8 Å². The minimum absolute atomic E-state index is 0.0440. The van der Waals surface area contributed by atoms with Crippen LogP contribution < -0.4 is 5.73 Å². The molecule has 0 spiro atoms. The summed E-state index contributed by atoms with van der Waals surface area (Å²) in [7, 11) is -4.37. The van der Waals surface area contributed by atoms with Crippen LogP contribution in [0.15, 0.2) is 17.0 Å². The van der Waals surface area contributed by atoms with Crippen molar-refractivity contribution in [3.63, 3.8) is 0 Å². The Kier molecular flexibility index (Phi) is 2.19. The van der Waals surface area contributed by atoms with Crippen LogP contribution in [0.2, 0.25) is 0 Å². The fraction of sp³-hybridized carbons (Fsp3) is 0.143. The highest BCUT2D eigenvalue weighted by atomic mass is 32.2. The van der Waals surface area contributed by atoms with Gasteiger partial charge < -0.3 is 10.8 Å². The first-order valence-corrected chi connectivity index (χ1v) is 4.83. The predicted octanol–water partition coefficient (Wildman–Crippen LogP) is 0.530. The van der Waals surface area contributed by atoms with Gasteiger partial charge in [0, 0.05) is 5.56 Å². The normalized spacial score (nSPS) is 11.5. The van der Waals surface area contributed by atoms with Gasteiger partial charge in [-0.3, -0.25) is 4.55 Å². The zero-order chi connectivity index (χ0) is 10.2. The minimum Gasteiger partial charge on any atom is -0.508 e. The Morgan fingerprint density at radius 3 is 2.31 bits per heavy atom. The maximum absolute atomic E-state index is 10.8. The van der Waals surface area contributed by atoms with E-state index in [2.05, 4.69) is 0 Å². The van der Waals surface area contributed by atoms with Crippen LogP contribution in [-0.4, -0.2) is 18.1 Å². The summed E-state index contributed by atoms with van der Waals surface area (Å²) in [5.41, 5.74) is 5.28. The van der Waals surface area contributed by atoms with E-state index >= 15 is 0 Å². The summed E-state index contributed by atoms with van der Waals surface area (Å²) < 4.78 is 30.3. The maximum atomic E-state index is 10.8. The molecule has 0 amide bonds. The molecular formula is C7H9NO4S. The Labute approximate surface area is 75.6 Å². The van der Waals surface area contributed by atoms with Gasteiger partial charge in [-0.2, -0.15) is 8.42 Å². The number of hydrogen-bond acceptors (Lipinski definition) is 4. The Balaban J connectivity index is 3.62. The van der Waals surface area contributed by atoms with Gasteiger partial charge in [-0.15, -0.1) is 0 Å². The molecule has 1 aromatic rings. The molecule has 72 valence electrons. The Morgan fingerprint density at radius 2 is 1.92 bits per heavy atom. The Morgan fingerprint density at radius 1 is 1.38 bits per heavy atom. The van der Waals surface area contributed by atoms with Crippen molar-refractivity contribution < 1.29 is 18.1 Å². The van der Waals surface area contributed by atoms with Crippen LogP contribution in [0.1, 0.15) is 5.56 Å². The SMILES string of the molecule is Cc1c(O)ccc(N)c1S(=O)(=O)O. The standard InChI is InChI=1S/C7H9NO4S/c1-4-6(9)3-2-5(8)7(4)13(10,11)12/h2-3,9H,8H2,1H3,(H,10,11,12). The van der Waals surface area contributed by atoms with E-state index in [1.165, 1.54) is 19.1 Å². The van der Waals surface area contributed by atoms with Crippen molar-refractivity contribution in [1.82, 2.24) is 0 Å². The summed E-state index contributed by atoms with van der Waals surface area (Å²) in [6.45, 7) is 1.36. The van der Waals surface area contributed by atoms with Crippen molar-refractivity contribution in [2.75, 3.05) is 5.73 Å². The van der Waals surface area contributed by atoms with Crippen molar-refractivity contribution in [2.24, 2.45) is 0 Å². The molecule has 13 heavy (non-hydrogen) atoms. The third-order valence-electron chi connectivity index (χ3n) is 1.67. The molecule has 0 heterocycles. The van der Waals surface area contributed by atoms with E-state index in [9.17, 15) is 8.42 Å². The van der Waals surface area contributed by atoms with E-state index in [1.54, 1.807) is 0 Å². The first-order valence-electron chi connectivity index (χ1n) is 3.39. The zero-order valence-corrected chi connectivity index (χ0v) is 7.67. The van der Waals surface area contributed by atoms with Gasteiger partial charge in [-0.1, -0.05) is 0 Å². The molecule has 0 saturated heterocycles. The number of hydrogen-bond donors (Lipinski definition) is 3. The second-order valence-corrected chi connectivity index (χ2v) is 3.96. The molecule has 0 radical (unpaired) electrons. The monoisotopic (exact) mass is 203 g/mol. The van der Waals surface area contributed by atoms with Gasteiger partial charge in [0.15, 0.2) is 0 Å². The molecule has 0 atom stereocenters. The van der Waals surface area contributed by atoms with Gasteiger partial charge in [-0.05, 0) is 19.1 Å². The Hall–Kier alpha value is -1.27. The van der Waals surface area contributed by atoms with Crippen LogP contribution in [0, 0.1) is 6.92 Å². The molecule has 0 bridgehead atoms. The van der Waals surface area contributed by atoms with E-state index in [1.807, 2.05) is 0 Å². The first-order chi connectivity index (χ1) is 5.84. The molecule has 1 aromatic carbocycles. The molecule has 0 aliphatic heterocycles. The van der Waals surface area contributed by atoms with E-state index in [0.717, 1.165) is 0 Å². The van der Waals surface area contributed by atoms with Crippen LogP contribution in [0.3, 0.4) is 0 Å². The number of phenols is 1. The number of benzene rings is 1. The lowest BCUT2D eigenvalue weighted by atomic mass is 10.2. The zero-order valence-electron chi connectivity index (χ0n) is 6.85. The second kappa shape index (κ2) is 2.90. The number of nitrogen functional groups attached to an aromatic ring is 1. The van der Waals surface area contributed by atoms with Crippen LogP contribution in [0.4, 0.5) is 5.69 Å². The van der Waals surface area contributed by atoms with Crippen LogP contribution in [0.25, 0.3) is 0 Å². The molecule has 0 aliphatic carbocycles. The summed E-state index contributed by atoms with van der Waals surface area (Å²) in [5, 5.41) is 9.16. The molecule has 0 unspecified atom stereocenters. The molecule has 5 nitrogen and oxygen atoms in total. The Bertz CT molecular complexity index is 438. The van der Waals surface area contributed by atoms with Crippen molar-refractivity contribution in [3.8, 4) is 5.75 Å². The number of nitrogens with two attached hydrogens (primary N) is 1. The van der Waals surface area contributed by atoms with Crippen molar-refractivity contribution in [1.29, 1.82) is 0 Å². The van der Waals surface area contributed by atoms with Crippen LogP contribution >= 0.6 is 0 Å². The lowest BCUT2D eigenvalue weighted by molar-refractivity contribution is 0.462. The van der Waals surface area contributed by atoms with E-state index < -0.39 is 15.0 Å². The minimum atomic E-state index is -4.37. The van der Waals surface area contributed by atoms with Gasteiger partial charge in [0.25, 0.3) is 10.1 Å². The highest BCUT2D eigenvalue weighted by Crippen LogP contribution is 2.28. The van der Waals surface area contributed by atoms with E-state index in [0.29, 0.717) is 0 Å². The van der Waals surface area contributed by atoms with Gasteiger partial charge >= 0.3 is 0 Å². The van der Waals surface area contributed by atoms with E-state index in [4.69, 9.17) is 15.4 Å². The summed E-state index contributed by atoms with van der Waals surface area (Å²) in [6.07, 6.45) is 0. The molecular weight excluding hydrogens is 194 g/mol. The molecule has 1 rings (SSSR count). The number of phenolic OH excluding ortho intramolecular Hbond substituents is 1. The quantitative estimate of drug-likeness (QED) is 0.351. The number of rotatable bonds is 1. The lowest BCUT2D eigenvalue weighted by Crippen LogP contribution is -2.05. The molecule has 6 heteroatoms. The summed E-state index contributed by atoms with van der Waals surface area (Å²) in [6, 6.07) is 2.48. The molecule has 0 aromatic heterocycles. The smallest absolute Gasteiger partial charge is 0.296 e. The number of aromatic hydroxyl groups is 1. The topological polar surface area (TPSA) is 101 Å². The van der Waals surface area contributed by atoms with Gasteiger partial charge in [0.1, 0.15) is 10.6 Å². The summed E-state index contributed by atoms with van der Waals surface area (Å²) >= 11 is 0. The molecule has 0 saturated carbocycles. The average molecular weight is 203 g/mol. The highest BCUT2D eigenvalue weighted by molar-refractivity contribution is 7.86. The predicted molar refractivity (Wildman–Crippen MR) is 47.1 cm³/mol. The maximum Gasteiger partial charge on any atom is 0.296 e. The molecule has 0 fully saturated rings. The summed E-state index contributed by atoms with van der Waals surface area (Å²) in [4.78, 5) is -0.437. The fourth-order valence-corrected chi connectivity index (χ4v) is 1.90. The number of anilines is 1. The highest BCUT2D eigenvalue weighted by Gasteiger charge is 2.18. The molecule has 0 aliphatic rings. The van der Waals surface area contributed by atoms with Gasteiger partial charge in [0.2, 0.25) is 0 Å². The van der Waals surface area contributed by atoms with E-state index in [-0.39, 0.29) is 17.0 Å². The van der Waals surface area contributed by atoms with Crippen LogP contribution in [0.5, 0.6) is 5.75 Å². The van der Waals surface area contributed by atoms with Crippen molar-refractivity contribution >= 4 is 15.8 Å². The lowest BCUT2D eigenvalue weighted by Gasteiger charge is -2.07.